The van der Waals surface area contributed by atoms with Crippen molar-refractivity contribution in [3.05, 3.63) is 22.2 Å². The number of nitrogens with zero attached hydrogens (tertiary/aromatic N) is 4. The van der Waals surface area contributed by atoms with Crippen molar-refractivity contribution >= 4 is 28.2 Å². The quantitative estimate of drug-likeness (QED) is 0.580. The SMILES string of the molecule is Nc1nc(N)nc(-c2ccc([N+](=O)[O-])s2)n1. The fraction of sp³-hybridized carbons (Fsp3) is 0. The van der Waals surface area contributed by atoms with E-state index in [-0.39, 0.29) is 22.7 Å². The molecule has 0 spiro atoms. The Morgan fingerprint density at radius 3 is 2.31 bits per heavy atom. The number of aromatic nitrogens is 3. The zero-order valence-corrected chi connectivity index (χ0v) is 8.64. The second-order valence-electron chi connectivity index (χ2n) is 2.77. The number of nitrogens with two attached hydrogens (primary N) is 2. The highest BCUT2D eigenvalue weighted by atomic mass is 32.1. The fourth-order valence-corrected chi connectivity index (χ4v) is 1.82. The normalized spacial score (nSPS) is 10.2. The van der Waals surface area contributed by atoms with Crippen LogP contribution in [0.3, 0.4) is 0 Å². The van der Waals surface area contributed by atoms with Crippen molar-refractivity contribution in [2.24, 2.45) is 0 Å². The van der Waals surface area contributed by atoms with Gasteiger partial charge in [0.15, 0.2) is 5.82 Å². The Labute approximate surface area is 93.1 Å². The van der Waals surface area contributed by atoms with Crippen molar-refractivity contribution in [1.82, 2.24) is 15.0 Å². The monoisotopic (exact) mass is 238 g/mol. The van der Waals surface area contributed by atoms with Gasteiger partial charge in [-0.1, -0.05) is 11.3 Å². The minimum atomic E-state index is -0.484. The van der Waals surface area contributed by atoms with E-state index in [0.717, 1.165) is 11.3 Å². The summed E-state index contributed by atoms with van der Waals surface area (Å²) in [5, 5.41) is 10.5. The van der Waals surface area contributed by atoms with Crippen LogP contribution in [0, 0.1) is 10.1 Å². The maximum absolute atomic E-state index is 10.5. The van der Waals surface area contributed by atoms with Gasteiger partial charge in [0.05, 0.1) is 9.80 Å². The molecule has 82 valence electrons. The predicted molar refractivity (Wildman–Crippen MR) is 58.6 cm³/mol. The maximum Gasteiger partial charge on any atom is 0.324 e. The molecule has 0 aromatic carbocycles. The van der Waals surface area contributed by atoms with Gasteiger partial charge in [-0.05, 0) is 6.07 Å². The molecule has 0 aliphatic carbocycles. The van der Waals surface area contributed by atoms with Crippen LogP contribution in [0.1, 0.15) is 0 Å². The lowest BCUT2D eigenvalue weighted by atomic mass is 10.4. The van der Waals surface area contributed by atoms with Crippen molar-refractivity contribution in [1.29, 1.82) is 0 Å². The second kappa shape index (κ2) is 3.70. The van der Waals surface area contributed by atoms with Crippen LogP contribution in [-0.4, -0.2) is 19.9 Å². The topological polar surface area (TPSA) is 134 Å². The van der Waals surface area contributed by atoms with Gasteiger partial charge < -0.3 is 11.5 Å². The van der Waals surface area contributed by atoms with Gasteiger partial charge in [0.25, 0.3) is 0 Å². The van der Waals surface area contributed by atoms with Gasteiger partial charge in [-0.15, -0.1) is 0 Å². The van der Waals surface area contributed by atoms with Gasteiger partial charge in [-0.3, -0.25) is 10.1 Å². The van der Waals surface area contributed by atoms with Crippen LogP contribution in [0.5, 0.6) is 0 Å². The first-order valence-electron chi connectivity index (χ1n) is 4.08. The van der Waals surface area contributed by atoms with Crippen LogP contribution >= 0.6 is 11.3 Å². The Bertz CT molecular complexity index is 533. The summed E-state index contributed by atoms with van der Waals surface area (Å²) in [5.74, 6) is 0.209. The highest BCUT2D eigenvalue weighted by Gasteiger charge is 2.13. The number of anilines is 2. The van der Waals surface area contributed by atoms with Crippen LogP contribution in [-0.2, 0) is 0 Å². The summed E-state index contributed by atoms with van der Waals surface area (Å²) in [7, 11) is 0. The molecule has 2 rings (SSSR count). The summed E-state index contributed by atoms with van der Waals surface area (Å²) < 4.78 is 0. The van der Waals surface area contributed by atoms with E-state index >= 15 is 0 Å². The van der Waals surface area contributed by atoms with E-state index in [1.807, 2.05) is 0 Å². The summed E-state index contributed by atoms with van der Waals surface area (Å²) in [6.07, 6.45) is 0. The number of nitrogen functional groups attached to an aromatic ring is 2. The number of nitro groups is 1. The van der Waals surface area contributed by atoms with Crippen LogP contribution < -0.4 is 11.5 Å². The summed E-state index contributed by atoms with van der Waals surface area (Å²) in [6, 6.07) is 2.91. The third kappa shape index (κ3) is 1.88. The van der Waals surface area contributed by atoms with Gasteiger partial charge in [0.1, 0.15) is 0 Å². The Hall–Kier alpha value is -2.29. The Balaban J connectivity index is 2.46. The molecule has 8 nitrogen and oxygen atoms in total. The summed E-state index contributed by atoms with van der Waals surface area (Å²) in [5.41, 5.74) is 10.8. The van der Waals surface area contributed by atoms with E-state index in [1.54, 1.807) is 0 Å². The molecule has 0 fully saturated rings. The molecule has 9 heteroatoms. The molecule has 4 N–H and O–H groups in total. The molecule has 16 heavy (non-hydrogen) atoms. The van der Waals surface area contributed by atoms with Crippen LogP contribution in [0.25, 0.3) is 10.7 Å². The molecule has 2 aromatic rings. The first-order chi connectivity index (χ1) is 7.56. The smallest absolute Gasteiger partial charge is 0.324 e. The minimum absolute atomic E-state index is 0.00700. The average Bonchev–Trinajstić information content (AvgIpc) is 2.64. The van der Waals surface area contributed by atoms with E-state index in [4.69, 9.17) is 11.5 Å². The molecular weight excluding hydrogens is 232 g/mol. The van der Waals surface area contributed by atoms with Crippen molar-refractivity contribution in [2.45, 2.75) is 0 Å². The molecule has 2 aromatic heterocycles. The number of rotatable bonds is 2. The van der Waals surface area contributed by atoms with Crippen molar-refractivity contribution in [3.63, 3.8) is 0 Å². The Morgan fingerprint density at radius 2 is 1.81 bits per heavy atom. The van der Waals surface area contributed by atoms with E-state index in [9.17, 15) is 10.1 Å². The molecule has 2 heterocycles. The van der Waals surface area contributed by atoms with Gasteiger partial charge in [0.2, 0.25) is 11.9 Å². The Morgan fingerprint density at radius 1 is 1.19 bits per heavy atom. The molecule has 0 unspecified atom stereocenters. The summed E-state index contributed by atoms with van der Waals surface area (Å²) in [6.45, 7) is 0. The molecule has 0 atom stereocenters. The maximum atomic E-state index is 10.5. The zero-order chi connectivity index (χ0) is 11.7. The molecule has 0 bridgehead atoms. The Kier molecular flexibility index (Phi) is 2.37. The first kappa shape index (κ1) is 10.2. The highest BCUT2D eigenvalue weighted by Crippen LogP contribution is 2.30. The molecule has 0 aliphatic heterocycles. The predicted octanol–water partition coefficient (Wildman–Crippen LogP) is 0.673. The summed E-state index contributed by atoms with van der Waals surface area (Å²) >= 11 is 0.949. The summed E-state index contributed by atoms with van der Waals surface area (Å²) in [4.78, 5) is 21.8. The molecule has 0 amide bonds. The van der Waals surface area contributed by atoms with Gasteiger partial charge in [0, 0.05) is 6.07 Å². The third-order valence-electron chi connectivity index (χ3n) is 1.66. The fourth-order valence-electron chi connectivity index (χ4n) is 1.07. The lowest BCUT2D eigenvalue weighted by Gasteiger charge is -1.97. The molecule has 0 saturated carbocycles. The molecular formula is C7H6N6O2S. The van der Waals surface area contributed by atoms with Crippen molar-refractivity contribution in [2.75, 3.05) is 11.5 Å². The highest BCUT2D eigenvalue weighted by molar-refractivity contribution is 7.18. The van der Waals surface area contributed by atoms with Crippen LogP contribution in [0.15, 0.2) is 12.1 Å². The zero-order valence-electron chi connectivity index (χ0n) is 7.82. The molecule has 0 aliphatic rings. The number of hydrogen-bond donors (Lipinski definition) is 2. The third-order valence-corrected chi connectivity index (χ3v) is 2.70. The van der Waals surface area contributed by atoms with Crippen LogP contribution in [0.2, 0.25) is 0 Å². The van der Waals surface area contributed by atoms with E-state index in [0.29, 0.717) is 4.88 Å². The van der Waals surface area contributed by atoms with Crippen LogP contribution in [0.4, 0.5) is 16.9 Å². The van der Waals surface area contributed by atoms with Crippen molar-refractivity contribution < 1.29 is 4.92 Å². The van der Waals surface area contributed by atoms with Gasteiger partial charge >= 0.3 is 5.00 Å². The van der Waals surface area contributed by atoms with Crippen molar-refractivity contribution in [3.8, 4) is 10.7 Å². The first-order valence-corrected chi connectivity index (χ1v) is 4.89. The second-order valence-corrected chi connectivity index (χ2v) is 3.83. The molecule has 0 radical (unpaired) electrons. The minimum Gasteiger partial charge on any atom is -0.368 e. The lowest BCUT2D eigenvalue weighted by molar-refractivity contribution is -0.380. The largest absolute Gasteiger partial charge is 0.368 e. The van der Waals surface area contributed by atoms with Gasteiger partial charge in [-0.25, -0.2) is 0 Å². The molecule has 0 saturated heterocycles. The number of thiophene rings is 1. The number of hydrogen-bond acceptors (Lipinski definition) is 8. The van der Waals surface area contributed by atoms with E-state index < -0.39 is 4.92 Å². The van der Waals surface area contributed by atoms with Gasteiger partial charge in [-0.2, -0.15) is 15.0 Å². The standard InChI is InChI=1S/C7H6N6O2S/c8-6-10-5(11-7(9)12-6)3-1-2-4(16-3)13(14)15/h1-2H,(H4,8,9,10,11,12). The average molecular weight is 238 g/mol. The lowest BCUT2D eigenvalue weighted by Crippen LogP contribution is -2.03. The van der Waals surface area contributed by atoms with E-state index in [2.05, 4.69) is 15.0 Å². The van der Waals surface area contributed by atoms with E-state index in [1.165, 1.54) is 12.1 Å².